The zero-order chi connectivity index (χ0) is 14.1. The molecule has 1 saturated heterocycles. The fourth-order valence-corrected chi connectivity index (χ4v) is 3.58. The summed E-state index contributed by atoms with van der Waals surface area (Å²) in [6.07, 6.45) is 4.68. The maximum absolute atomic E-state index is 12.2. The summed E-state index contributed by atoms with van der Waals surface area (Å²) in [7, 11) is 0. The summed E-state index contributed by atoms with van der Waals surface area (Å²) in [5.74, 6) is 1.00. The Bertz CT molecular complexity index is 482. The van der Waals surface area contributed by atoms with Crippen LogP contribution in [0.15, 0.2) is 24.3 Å². The summed E-state index contributed by atoms with van der Waals surface area (Å²) < 4.78 is 0. The number of amides is 1. The van der Waals surface area contributed by atoms with Crippen LogP contribution in [0.2, 0.25) is 0 Å². The van der Waals surface area contributed by atoms with E-state index in [-0.39, 0.29) is 12.1 Å². The molecule has 20 heavy (non-hydrogen) atoms. The molecule has 1 aromatic carbocycles. The van der Waals surface area contributed by atoms with Crippen LogP contribution in [0.1, 0.15) is 50.4 Å². The van der Waals surface area contributed by atoms with Gasteiger partial charge in [-0.1, -0.05) is 38.1 Å². The molecular formula is C17H24N2O. The Kier molecular flexibility index (Phi) is 3.79. The van der Waals surface area contributed by atoms with Gasteiger partial charge in [0, 0.05) is 6.04 Å². The first-order valence-electron chi connectivity index (χ1n) is 7.82. The molecule has 0 aromatic heterocycles. The van der Waals surface area contributed by atoms with E-state index in [2.05, 4.69) is 48.3 Å². The average Bonchev–Trinajstić information content (AvgIpc) is 3.05. The Morgan fingerprint density at radius 1 is 1.25 bits per heavy atom. The molecular weight excluding hydrogens is 248 g/mol. The third-order valence-electron chi connectivity index (χ3n) is 4.78. The van der Waals surface area contributed by atoms with Gasteiger partial charge in [0.05, 0.1) is 6.54 Å². The second kappa shape index (κ2) is 5.57. The number of benzene rings is 1. The van der Waals surface area contributed by atoms with Gasteiger partial charge in [-0.3, -0.25) is 10.1 Å². The molecule has 2 aliphatic rings. The van der Waals surface area contributed by atoms with Crippen molar-refractivity contribution in [2.45, 2.75) is 51.7 Å². The van der Waals surface area contributed by atoms with Gasteiger partial charge in [0.2, 0.25) is 5.91 Å². The van der Waals surface area contributed by atoms with Crippen LogP contribution in [0.5, 0.6) is 0 Å². The molecule has 0 radical (unpaired) electrons. The van der Waals surface area contributed by atoms with Crippen LogP contribution in [0, 0.1) is 5.92 Å². The van der Waals surface area contributed by atoms with Crippen LogP contribution in [-0.2, 0) is 11.2 Å². The summed E-state index contributed by atoms with van der Waals surface area (Å²) in [4.78, 5) is 14.3. The molecule has 0 bridgehead atoms. The van der Waals surface area contributed by atoms with Gasteiger partial charge in [-0.05, 0) is 42.7 Å². The van der Waals surface area contributed by atoms with E-state index in [4.69, 9.17) is 0 Å². The van der Waals surface area contributed by atoms with Gasteiger partial charge < -0.3 is 4.90 Å². The zero-order valence-corrected chi connectivity index (χ0v) is 12.4. The molecule has 3 atom stereocenters. The molecule has 0 spiro atoms. The van der Waals surface area contributed by atoms with Gasteiger partial charge in [-0.15, -0.1) is 0 Å². The number of nitrogens with zero attached hydrogens (tertiary/aromatic N) is 1. The van der Waals surface area contributed by atoms with Crippen molar-refractivity contribution in [3.8, 4) is 0 Å². The molecule has 1 amide bonds. The lowest BCUT2D eigenvalue weighted by Gasteiger charge is -2.30. The van der Waals surface area contributed by atoms with Crippen LogP contribution in [0.3, 0.4) is 0 Å². The van der Waals surface area contributed by atoms with Crippen LogP contribution in [0.25, 0.3) is 0 Å². The minimum absolute atomic E-state index is 0.0729. The van der Waals surface area contributed by atoms with Crippen molar-refractivity contribution in [2.75, 3.05) is 6.54 Å². The maximum Gasteiger partial charge on any atom is 0.238 e. The van der Waals surface area contributed by atoms with Crippen molar-refractivity contribution in [3.63, 3.8) is 0 Å². The quantitative estimate of drug-likeness (QED) is 0.917. The molecule has 1 saturated carbocycles. The molecule has 3 rings (SSSR count). The fourth-order valence-electron chi connectivity index (χ4n) is 3.58. The topological polar surface area (TPSA) is 32.3 Å². The minimum atomic E-state index is 0.0729. The number of rotatable bonds is 3. The highest BCUT2D eigenvalue weighted by molar-refractivity contribution is 5.81. The Balaban J connectivity index is 1.81. The lowest BCUT2D eigenvalue weighted by atomic mass is 10.1. The van der Waals surface area contributed by atoms with Crippen molar-refractivity contribution in [1.29, 1.82) is 0 Å². The third-order valence-corrected chi connectivity index (χ3v) is 4.78. The zero-order valence-electron chi connectivity index (χ0n) is 12.4. The predicted octanol–water partition coefficient (Wildman–Crippen LogP) is 2.87. The van der Waals surface area contributed by atoms with Crippen molar-refractivity contribution in [1.82, 2.24) is 10.2 Å². The van der Waals surface area contributed by atoms with E-state index in [1.54, 1.807) is 0 Å². The van der Waals surface area contributed by atoms with Crippen LogP contribution < -0.4 is 5.32 Å². The molecule has 1 aliphatic carbocycles. The Morgan fingerprint density at radius 2 is 2.00 bits per heavy atom. The summed E-state index contributed by atoms with van der Waals surface area (Å²) in [5, 5.41) is 3.38. The van der Waals surface area contributed by atoms with Crippen molar-refractivity contribution in [3.05, 3.63) is 35.4 Å². The molecule has 1 N–H and O–H groups in total. The highest BCUT2D eigenvalue weighted by atomic mass is 16.2. The van der Waals surface area contributed by atoms with E-state index in [9.17, 15) is 4.79 Å². The number of hydrogen-bond donors (Lipinski definition) is 1. The Morgan fingerprint density at radius 3 is 2.60 bits per heavy atom. The van der Waals surface area contributed by atoms with E-state index in [1.807, 2.05) is 0 Å². The summed E-state index contributed by atoms with van der Waals surface area (Å²) >= 11 is 0. The lowest BCUT2D eigenvalue weighted by Crippen LogP contribution is -2.38. The molecule has 3 unspecified atom stereocenters. The highest BCUT2D eigenvalue weighted by Gasteiger charge is 2.39. The standard InChI is InChI=1S/C17H24N2O/c1-3-13-5-7-14(8-6-13)17-18-11-16(20)19(17)15-9-4-12(2)10-15/h5-8,12,15,17-18H,3-4,9-11H2,1-2H3. The highest BCUT2D eigenvalue weighted by Crippen LogP contribution is 2.35. The van der Waals surface area contributed by atoms with Crippen LogP contribution in [-0.4, -0.2) is 23.4 Å². The fraction of sp³-hybridized carbons (Fsp3) is 0.588. The summed E-state index contributed by atoms with van der Waals surface area (Å²) in [6.45, 7) is 4.93. The van der Waals surface area contributed by atoms with Crippen LogP contribution in [0.4, 0.5) is 0 Å². The number of carbonyl (C=O) groups excluding carboxylic acids is 1. The minimum Gasteiger partial charge on any atom is -0.319 e. The number of nitrogens with one attached hydrogen (secondary N) is 1. The monoisotopic (exact) mass is 272 g/mol. The van der Waals surface area contributed by atoms with Crippen molar-refractivity contribution >= 4 is 5.91 Å². The predicted molar refractivity (Wildman–Crippen MR) is 80.2 cm³/mol. The van der Waals surface area contributed by atoms with Gasteiger partial charge in [-0.25, -0.2) is 0 Å². The van der Waals surface area contributed by atoms with Gasteiger partial charge >= 0.3 is 0 Å². The van der Waals surface area contributed by atoms with Gasteiger partial charge in [-0.2, -0.15) is 0 Å². The first kappa shape index (κ1) is 13.6. The second-order valence-electron chi connectivity index (χ2n) is 6.25. The van der Waals surface area contributed by atoms with Gasteiger partial charge in [0.25, 0.3) is 0 Å². The smallest absolute Gasteiger partial charge is 0.238 e. The third kappa shape index (κ3) is 2.47. The molecule has 3 nitrogen and oxygen atoms in total. The number of aryl methyl sites for hydroxylation is 1. The van der Waals surface area contributed by atoms with E-state index < -0.39 is 0 Å². The first-order chi connectivity index (χ1) is 9.69. The summed E-state index contributed by atoms with van der Waals surface area (Å²) in [6, 6.07) is 9.11. The lowest BCUT2D eigenvalue weighted by molar-refractivity contribution is -0.130. The van der Waals surface area contributed by atoms with Gasteiger partial charge in [0.1, 0.15) is 6.17 Å². The largest absolute Gasteiger partial charge is 0.319 e. The van der Waals surface area contributed by atoms with Crippen LogP contribution >= 0.6 is 0 Å². The maximum atomic E-state index is 12.2. The van der Waals surface area contributed by atoms with Crippen molar-refractivity contribution < 1.29 is 4.79 Å². The normalized spacial score (nSPS) is 30.2. The molecule has 3 heteroatoms. The average molecular weight is 272 g/mol. The molecule has 1 aliphatic heterocycles. The summed E-state index contributed by atoms with van der Waals surface area (Å²) in [5.41, 5.74) is 2.56. The van der Waals surface area contributed by atoms with E-state index >= 15 is 0 Å². The Hall–Kier alpha value is -1.35. The van der Waals surface area contributed by atoms with Crippen molar-refractivity contribution in [2.24, 2.45) is 5.92 Å². The van der Waals surface area contributed by atoms with E-state index in [0.29, 0.717) is 12.6 Å². The Labute approximate surface area is 121 Å². The number of carbonyl (C=O) groups is 1. The van der Waals surface area contributed by atoms with Gasteiger partial charge in [0.15, 0.2) is 0 Å². The van der Waals surface area contributed by atoms with E-state index in [1.165, 1.54) is 17.5 Å². The molecule has 108 valence electrons. The molecule has 1 heterocycles. The first-order valence-corrected chi connectivity index (χ1v) is 7.82. The number of hydrogen-bond acceptors (Lipinski definition) is 2. The molecule has 2 fully saturated rings. The molecule has 1 aromatic rings. The SMILES string of the molecule is CCc1ccc(C2NCC(=O)N2C2CCC(C)C2)cc1. The van der Waals surface area contributed by atoms with E-state index in [0.717, 1.165) is 25.2 Å². The second-order valence-corrected chi connectivity index (χ2v) is 6.25.